The maximum absolute atomic E-state index is 11.9. The molecule has 0 aliphatic heterocycles. The van der Waals surface area contributed by atoms with Crippen LogP contribution < -0.4 is 10.6 Å². The van der Waals surface area contributed by atoms with Crippen LogP contribution in [0.25, 0.3) is 0 Å². The van der Waals surface area contributed by atoms with Gasteiger partial charge in [-0.3, -0.25) is 0 Å². The fourth-order valence-corrected chi connectivity index (χ4v) is 3.19. The summed E-state index contributed by atoms with van der Waals surface area (Å²) in [6.45, 7) is 7.44. The van der Waals surface area contributed by atoms with Crippen LogP contribution in [0.3, 0.4) is 0 Å². The van der Waals surface area contributed by atoms with Crippen molar-refractivity contribution in [1.82, 2.24) is 10.6 Å². The first-order chi connectivity index (χ1) is 9.95. The van der Waals surface area contributed by atoms with Gasteiger partial charge in [-0.1, -0.05) is 17.7 Å². The molecule has 2 unspecified atom stereocenters. The lowest BCUT2D eigenvalue weighted by atomic mass is 10.00. The summed E-state index contributed by atoms with van der Waals surface area (Å²) in [5.41, 5.74) is 4.86. The minimum atomic E-state index is -0.183. The third kappa shape index (κ3) is 4.46. The summed E-state index contributed by atoms with van der Waals surface area (Å²) in [5, 5.41) is 15.3. The number of nitrogens with one attached hydrogen (secondary N) is 2. The number of benzene rings is 1. The second-order valence-electron chi connectivity index (χ2n) is 6.27. The maximum Gasteiger partial charge on any atom is 0.315 e. The topological polar surface area (TPSA) is 61.4 Å². The molecule has 1 aromatic carbocycles. The molecular formula is C17H26N2O2. The van der Waals surface area contributed by atoms with E-state index < -0.39 is 0 Å². The highest BCUT2D eigenvalue weighted by molar-refractivity contribution is 5.73. The lowest BCUT2D eigenvalue weighted by Crippen LogP contribution is -2.37. The number of aliphatic hydroxyl groups is 1. The summed E-state index contributed by atoms with van der Waals surface area (Å²) in [6, 6.07) is 4.15. The first-order valence-corrected chi connectivity index (χ1v) is 7.72. The van der Waals surface area contributed by atoms with E-state index in [-0.39, 0.29) is 12.1 Å². The molecule has 116 valence electrons. The largest absolute Gasteiger partial charge is 0.393 e. The van der Waals surface area contributed by atoms with Gasteiger partial charge in [-0.15, -0.1) is 0 Å². The number of carbonyl (C=O) groups excluding carboxylic acids is 1. The van der Waals surface area contributed by atoms with E-state index in [4.69, 9.17) is 0 Å². The van der Waals surface area contributed by atoms with Crippen molar-refractivity contribution < 1.29 is 9.90 Å². The van der Waals surface area contributed by atoms with E-state index in [1.54, 1.807) is 0 Å². The summed E-state index contributed by atoms with van der Waals surface area (Å²) >= 11 is 0. The second-order valence-corrected chi connectivity index (χ2v) is 6.27. The molecule has 3 N–H and O–H groups in total. The number of rotatable bonds is 4. The van der Waals surface area contributed by atoms with E-state index in [1.807, 2.05) is 0 Å². The number of aliphatic hydroxyl groups excluding tert-OH is 1. The molecule has 0 spiro atoms. The Morgan fingerprint density at radius 1 is 1.19 bits per heavy atom. The van der Waals surface area contributed by atoms with E-state index in [0.29, 0.717) is 19.0 Å². The van der Waals surface area contributed by atoms with Crippen LogP contribution in [0.4, 0.5) is 4.79 Å². The molecular weight excluding hydrogens is 264 g/mol. The fraction of sp³-hybridized carbons (Fsp3) is 0.588. The molecule has 4 nitrogen and oxygen atoms in total. The number of urea groups is 1. The Kier molecular flexibility index (Phi) is 5.23. The van der Waals surface area contributed by atoms with Crippen LogP contribution >= 0.6 is 0 Å². The van der Waals surface area contributed by atoms with Crippen molar-refractivity contribution in [2.45, 2.75) is 52.7 Å². The van der Waals surface area contributed by atoms with Crippen LogP contribution in [0.2, 0.25) is 0 Å². The van der Waals surface area contributed by atoms with Crippen LogP contribution in [0.15, 0.2) is 12.1 Å². The summed E-state index contributed by atoms with van der Waals surface area (Å²) in [6.07, 6.45) is 2.47. The summed E-state index contributed by atoms with van der Waals surface area (Å²) in [5.74, 6) is 0.411. The van der Waals surface area contributed by atoms with E-state index in [0.717, 1.165) is 19.3 Å². The Balaban J connectivity index is 1.79. The van der Waals surface area contributed by atoms with Gasteiger partial charge in [-0.05, 0) is 62.6 Å². The highest BCUT2D eigenvalue weighted by Crippen LogP contribution is 2.24. The van der Waals surface area contributed by atoms with Gasteiger partial charge in [0.25, 0.3) is 0 Å². The molecule has 1 aliphatic carbocycles. The number of aryl methyl sites for hydroxylation is 3. The van der Waals surface area contributed by atoms with Gasteiger partial charge in [0, 0.05) is 13.1 Å². The van der Waals surface area contributed by atoms with Gasteiger partial charge in [-0.2, -0.15) is 0 Å². The number of carbonyl (C=O) groups is 1. The quantitative estimate of drug-likeness (QED) is 0.798. The molecule has 0 saturated heterocycles. The highest BCUT2D eigenvalue weighted by Gasteiger charge is 2.22. The van der Waals surface area contributed by atoms with E-state index in [9.17, 15) is 9.90 Å². The molecule has 1 saturated carbocycles. The number of amides is 2. The molecule has 0 heterocycles. The smallest absolute Gasteiger partial charge is 0.315 e. The second kappa shape index (κ2) is 6.94. The van der Waals surface area contributed by atoms with Crippen molar-refractivity contribution in [2.75, 3.05) is 6.54 Å². The van der Waals surface area contributed by atoms with Crippen molar-refractivity contribution in [3.8, 4) is 0 Å². The van der Waals surface area contributed by atoms with Crippen LogP contribution in [0.5, 0.6) is 0 Å². The van der Waals surface area contributed by atoms with Gasteiger partial charge in [0.15, 0.2) is 0 Å². The Labute approximate surface area is 126 Å². The predicted octanol–water partition coefficient (Wildman–Crippen LogP) is 2.57. The van der Waals surface area contributed by atoms with Gasteiger partial charge >= 0.3 is 6.03 Å². The Bertz CT molecular complexity index is 491. The molecule has 2 amide bonds. The lowest BCUT2D eigenvalue weighted by molar-refractivity contribution is 0.177. The molecule has 0 bridgehead atoms. The molecule has 0 radical (unpaired) electrons. The maximum atomic E-state index is 11.9. The highest BCUT2D eigenvalue weighted by atomic mass is 16.3. The Hall–Kier alpha value is -1.55. The standard InChI is InChI=1S/C17H26N2O2/c1-11-6-12(2)16(13(3)7-11)10-19-17(21)18-9-14-4-5-15(20)8-14/h6-7,14-15,20H,4-5,8-10H2,1-3H3,(H2,18,19,21). The summed E-state index contributed by atoms with van der Waals surface area (Å²) < 4.78 is 0. The third-order valence-electron chi connectivity index (χ3n) is 4.33. The summed E-state index contributed by atoms with van der Waals surface area (Å²) in [4.78, 5) is 11.9. The molecule has 2 atom stereocenters. The molecule has 1 aliphatic rings. The minimum absolute atomic E-state index is 0.129. The zero-order valence-corrected chi connectivity index (χ0v) is 13.2. The first kappa shape index (κ1) is 15.8. The SMILES string of the molecule is Cc1cc(C)c(CNC(=O)NCC2CCC(O)C2)c(C)c1. The van der Waals surface area contributed by atoms with Crippen molar-refractivity contribution in [3.63, 3.8) is 0 Å². The Morgan fingerprint density at radius 2 is 1.86 bits per heavy atom. The van der Waals surface area contributed by atoms with Crippen molar-refractivity contribution >= 4 is 6.03 Å². The van der Waals surface area contributed by atoms with E-state index in [1.165, 1.54) is 22.3 Å². The molecule has 1 fully saturated rings. The number of hydrogen-bond acceptors (Lipinski definition) is 2. The molecule has 2 rings (SSSR count). The van der Waals surface area contributed by atoms with Crippen molar-refractivity contribution in [3.05, 3.63) is 34.4 Å². The third-order valence-corrected chi connectivity index (χ3v) is 4.33. The van der Waals surface area contributed by atoms with E-state index >= 15 is 0 Å². The van der Waals surface area contributed by atoms with Crippen LogP contribution in [0, 0.1) is 26.7 Å². The molecule has 4 heteroatoms. The van der Waals surface area contributed by atoms with Gasteiger partial charge in [-0.25, -0.2) is 4.79 Å². The average molecular weight is 290 g/mol. The molecule has 21 heavy (non-hydrogen) atoms. The van der Waals surface area contributed by atoms with Gasteiger partial charge in [0.2, 0.25) is 0 Å². The first-order valence-electron chi connectivity index (χ1n) is 7.72. The monoisotopic (exact) mass is 290 g/mol. The lowest BCUT2D eigenvalue weighted by Gasteiger charge is -2.14. The molecule has 1 aromatic rings. The van der Waals surface area contributed by atoms with Crippen LogP contribution in [0.1, 0.15) is 41.5 Å². The summed E-state index contributed by atoms with van der Waals surface area (Å²) in [7, 11) is 0. The predicted molar refractivity (Wildman–Crippen MR) is 84.2 cm³/mol. The molecule has 0 aromatic heterocycles. The Morgan fingerprint density at radius 3 is 2.43 bits per heavy atom. The minimum Gasteiger partial charge on any atom is -0.393 e. The van der Waals surface area contributed by atoms with Crippen molar-refractivity contribution in [2.24, 2.45) is 5.92 Å². The van der Waals surface area contributed by atoms with E-state index in [2.05, 4.69) is 43.5 Å². The van der Waals surface area contributed by atoms with Gasteiger partial charge in [0.05, 0.1) is 6.10 Å². The average Bonchev–Trinajstić information content (AvgIpc) is 2.81. The number of hydrogen-bond donors (Lipinski definition) is 3. The van der Waals surface area contributed by atoms with Crippen LogP contribution in [-0.4, -0.2) is 23.8 Å². The van der Waals surface area contributed by atoms with Crippen molar-refractivity contribution in [1.29, 1.82) is 0 Å². The zero-order chi connectivity index (χ0) is 15.4. The normalized spacial score (nSPS) is 21.3. The van der Waals surface area contributed by atoms with Gasteiger partial charge < -0.3 is 15.7 Å². The fourth-order valence-electron chi connectivity index (χ4n) is 3.19. The zero-order valence-electron chi connectivity index (χ0n) is 13.2. The van der Waals surface area contributed by atoms with Gasteiger partial charge in [0.1, 0.15) is 0 Å². The van der Waals surface area contributed by atoms with Crippen LogP contribution in [-0.2, 0) is 6.54 Å².